The second-order valence-electron chi connectivity index (χ2n) is 4.51. The minimum atomic E-state index is -0.215. The van der Waals surface area contributed by atoms with Crippen LogP contribution in [0.4, 0.5) is 0 Å². The van der Waals surface area contributed by atoms with Gasteiger partial charge >= 0.3 is 0 Å². The van der Waals surface area contributed by atoms with E-state index in [2.05, 4.69) is 12.2 Å². The molecule has 1 rings (SSSR count). The third-order valence-corrected chi connectivity index (χ3v) is 3.36. The topological polar surface area (TPSA) is 64.3 Å². The molecule has 1 atom stereocenters. The fourth-order valence-corrected chi connectivity index (χ4v) is 2.03. The van der Waals surface area contributed by atoms with Crippen LogP contribution in [0.1, 0.15) is 26.2 Å². The third-order valence-electron chi connectivity index (χ3n) is 2.81. The number of carbonyl (C=O) groups is 1. The molecule has 0 aliphatic rings. The van der Waals surface area contributed by atoms with Crippen LogP contribution >= 0.6 is 23.2 Å². The highest BCUT2D eigenvalue weighted by atomic mass is 35.5. The minimum Gasteiger partial charge on any atom is -0.482 e. The number of rotatable bonds is 8. The number of ether oxygens (including phenoxy) is 1. The van der Waals surface area contributed by atoms with Crippen molar-refractivity contribution >= 4 is 29.1 Å². The van der Waals surface area contributed by atoms with Crippen LogP contribution in [-0.2, 0) is 4.79 Å². The second-order valence-corrected chi connectivity index (χ2v) is 5.35. The maximum absolute atomic E-state index is 11.8. The van der Waals surface area contributed by atoms with Crippen LogP contribution in [0.15, 0.2) is 18.2 Å². The molecule has 1 unspecified atom stereocenters. The Labute approximate surface area is 129 Å². The zero-order valence-electron chi connectivity index (χ0n) is 11.5. The van der Waals surface area contributed by atoms with Crippen LogP contribution in [0.25, 0.3) is 0 Å². The molecule has 0 radical (unpaired) electrons. The molecular weight excluding hydrogens is 299 g/mol. The standard InChI is InChI=1S/C14H20Cl2N2O2/c1-2-3-4-11(8-17)18-14(19)9-20-13-7-10(15)5-6-12(13)16/h5-7,11H,2-4,8-9,17H2,1H3,(H,18,19). The highest BCUT2D eigenvalue weighted by molar-refractivity contribution is 6.34. The number of unbranched alkanes of at least 4 members (excludes halogenated alkanes) is 1. The predicted octanol–water partition coefficient (Wildman–Crippen LogP) is 3.01. The zero-order chi connectivity index (χ0) is 15.0. The number of benzene rings is 1. The molecule has 1 amide bonds. The second kappa shape index (κ2) is 9.06. The number of hydrogen-bond donors (Lipinski definition) is 2. The van der Waals surface area contributed by atoms with E-state index in [9.17, 15) is 4.79 Å². The molecule has 0 spiro atoms. The van der Waals surface area contributed by atoms with Gasteiger partial charge in [0.2, 0.25) is 0 Å². The van der Waals surface area contributed by atoms with E-state index in [0.29, 0.717) is 22.3 Å². The molecule has 4 nitrogen and oxygen atoms in total. The maximum atomic E-state index is 11.8. The maximum Gasteiger partial charge on any atom is 0.258 e. The summed E-state index contributed by atoms with van der Waals surface area (Å²) < 4.78 is 5.36. The SMILES string of the molecule is CCCCC(CN)NC(=O)COc1cc(Cl)ccc1Cl. The van der Waals surface area contributed by atoms with Crippen LogP contribution in [0, 0.1) is 0 Å². The summed E-state index contributed by atoms with van der Waals surface area (Å²) in [7, 11) is 0. The quantitative estimate of drug-likeness (QED) is 0.774. The summed E-state index contributed by atoms with van der Waals surface area (Å²) in [5.41, 5.74) is 5.62. The van der Waals surface area contributed by atoms with Crippen LogP contribution in [0.3, 0.4) is 0 Å². The van der Waals surface area contributed by atoms with Crippen molar-refractivity contribution in [3.05, 3.63) is 28.2 Å². The highest BCUT2D eigenvalue weighted by Crippen LogP contribution is 2.27. The normalized spacial score (nSPS) is 12.0. The fraction of sp³-hybridized carbons (Fsp3) is 0.500. The molecule has 0 aromatic heterocycles. The largest absolute Gasteiger partial charge is 0.482 e. The summed E-state index contributed by atoms with van der Waals surface area (Å²) >= 11 is 11.8. The van der Waals surface area contributed by atoms with Crippen molar-refractivity contribution in [2.24, 2.45) is 5.73 Å². The van der Waals surface area contributed by atoms with Gasteiger partial charge in [-0.1, -0.05) is 43.0 Å². The molecule has 112 valence electrons. The van der Waals surface area contributed by atoms with Gasteiger partial charge in [0, 0.05) is 23.7 Å². The molecule has 6 heteroatoms. The summed E-state index contributed by atoms with van der Waals surface area (Å²) in [5, 5.41) is 3.77. The molecule has 3 N–H and O–H groups in total. The van der Waals surface area contributed by atoms with Crippen LogP contribution in [0.2, 0.25) is 10.0 Å². The van der Waals surface area contributed by atoms with Gasteiger partial charge < -0.3 is 15.8 Å². The monoisotopic (exact) mass is 318 g/mol. The van der Waals surface area contributed by atoms with Gasteiger partial charge in [-0.3, -0.25) is 4.79 Å². The van der Waals surface area contributed by atoms with Crippen molar-refractivity contribution in [2.45, 2.75) is 32.2 Å². The number of nitrogens with one attached hydrogen (secondary N) is 1. The Morgan fingerprint density at radius 3 is 2.85 bits per heavy atom. The molecule has 0 saturated heterocycles. The van der Waals surface area contributed by atoms with Crippen molar-refractivity contribution in [2.75, 3.05) is 13.2 Å². The van der Waals surface area contributed by atoms with Crippen molar-refractivity contribution < 1.29 is 9.53 Å². The first kappa shape index (κ1) is 17.1. The summed E-state index contributed by atoms with van der Waals surface area (Å²) in [6, 6.07) is 4.85. The Bertz CT molecular complexity index is 441. The summed E-state index contributed by atoms with van der Waals surface area (Å²) in [6.07, 6.45) is 2.97. The molecule has 0 aliphatic carbocycles. The average molecular weight is 319 g/mol. The number of carbonyl (C=O) groups excluding carboxylic acids is 1. The first-order valence-electron chi connectivity index (χ1n) is 6.64. The molecular formula is C14H20Cl2N2O2. The molecule has 1 aromatic carbocycles. The zero-order valence-corrected chi connectivity index (χ0v) is 13.0. The summed E-state index contributed by atoms with van der Waals surface area (Å²) in [5.74, 6) is 0.180. The molecule has 0 bridgehead atoms. The van der Waals surface area contributed by atoms with Gasteiger partial charge in [0.1, 0.15) is 5.75 Å². The van der Waals surface area contributed by atoms with Gasteiger partial charge in [-0.05, 0) is 18.6 Å². The first-order valence-corrected chi connectivity index (χ1v) is 7.39. The van der Waals surface area contributed by atoms with Gasteiger partial charge in [0.25, 0.3) is 5.91 Å². The van der Waals surface area contributed by atoms with Gasteiger partial charge in [-0.25, -0.2) is 0 Å². The van der Waals surface area contributed by atoms with Gasteiger partial charge in [0.15, 0.2) is 6.61 Å². The minimum absolute atomic E-state index is 0.0131. The Hall–Kier alpha value is -0.970. The molecule has 0 heterocycles. The number of hydrogen-bond acceptors (Lipinski definition) is 3. The van der Waals surface area contributed by atoms with Crippen LogP contribution < -0.4 is 15.8 Å². The first-order chi connectivity index (χ1) is 9.56. The van der Waals surface area contributed by atoms with E-state index in [0.717, 1.165) is 19.3 Å². The molecule has 20 heavy (non-hydrogen) atoms. The fourth-order valence-electron chi connectivity index (χ4n) is 1.70. The van der Waals surface area contributed by atoms with E-state index in [1.807, 2.05) is 0 Å². The highest BCUT2D eigenvalue weighted by Gasteiger charge is 2.11. The average Bonchev–Trinajstić information content (AvgIpc) is 2.44. The lowest BCUT2D eigenvalue weighted by Gasteiger charge is -2.16. The molecule has 0 saturated carbocycles. The Morgan fingerprint density at radius 1 is 1.45 bits per heavy atom. The van der Waals surface area contributed by atoms with Gasteiger partial charge in [-0.2, -0.15) is 0 Å². The number of halogens is 2. The van der Waals surface area contributed by atoms with Crippen LogP contribution in [0.5, 0.6) is 5.75 Å². The van der Waals surface area contributed by atoms with E-state index >= 15 is 0 Å². The van der Waals surface area contributed by atoms with E-state index < -0.39 is 0 Å². The van der Waals surface area contributed by atoms with E-state index in [4.69, 9.17) is 33.7 Å². The number of amides is 1. The molecule has 0 aliphatic heterocycles. The van der Waals surface area contributed by atoms with Crippen molar-refractivity contribution in [1.82, 2.24) is 5.32 Å². The van der Waals surface area contributed by atoms with Gasteiger partial charge in [0.05, 0.1) is 5.02 Å². The Morgan fingerprint density at radius 2 is 2.20 bits per heavy atom. The number of nitrogens with two attached hydrogens (primary N) is 1. The third kappa shape index (κ3) is 5.99. The van der Waals surface area contributed by atoms with Crippen molar-refractivity contribution in [3.63, 3.8) is 0 Å². The van der Waals surface area contributed by atoms with E-state index in [1.165, 1.54) is 0 Å². The molecule has 0 fully saturated rings. The van der Waals surface area contributed by atoms with Crippen molar-refractivity contribution in [1.29, 1.82) is 0 Å². The predicted molar refractivity (Wildman–Crippen MR) is 82.5 cm³/mol. The lowest BCUT2D eigenvalue weighted by molar-refractivity contribution is -0.123. The molecule has 1 aromatic rings. The Kier molecular flexibility index (Phi) is 7.73. The van der Waals surface area contributed by atoms with Gasteiger partial charge in [-0.15, -0.1) is 0 Å². The van der Waals surface area contributed by atoms with Crippen LogP contribution in [-0.4, -0.2) is 25.1 Å². The van der Waals surface area contributed by atoms with E-state index in [1.54, 1.807) is 18.2 Å². The summed E-state index contributed by atoms with van der Waals surface area (Å²) in [6.45, 7) is 2.41. The lowest BCUT2D eigenvalue weighted by Crippen LogP contribution is -2.42. The van der Waals surface area contributed by atoms with Crippen molar-refractivity contribution in [3.8, 4) is 5.75 Å². The smallest absolute Gasteiger partial charge is 0.258 e. The van der Waals surface area contributed by atoms with E-state index in [-0.39, 0.29) is 18.6 Å². The lowest BCUT2D eigenvalue weighted by atomic mass is 10.1. The summed E-state index contributed by atoms with van der Waals surface area (Å²) in [4.78, 5) is 11.8. The Balaban J connectivity index is 2.44.